The predicted molar refractivity (Wildman–Crippen MR) is 63.6 cm³/mol. The Hall–Kier alpha value is -1.77. The van der Waals surface area contributed by atoms with Crippen molar-refractivity contribution in [2.45, 2.75) is 0 Å². The summed E-state index contributed by atoms with van der Waals surface area (Å²) in [6.07, 6.45) is 3.71. The van der Waals surface area contributed by atoms with Gasteiger partial charge >= 0.3 is 0 Å². The molecule has 70 valence electrons. The number of aromatic nitrogens is 2. The molecule has 0 fully saturated rings. The first-order valence-corrected chi connectivity index (χ1v) is 4.85. The number of aryl methyl sites for hydroxylation is 1. The zero-order valence-electron chi connectivity index (χ0n) is 8.44. The first kappa shape index (κ1) is 8.54. The smallest absolute Gasteiger partial charge is 0.113 e. The maximum Gasteiger partial charge on any atom is 0.113 e. The van der Waals surface area contributed by atoms with E-state index in [-0.39, 0.29) is 0 Å². The summed E-state index contributed by atoms with van der Waals surface area (Å²) in [5.41, 5.74) is 3.13. The molecule has 0 amide bonds. The van der Waals surface area contributed by atoms with Gasteiger partial charge in [0.25, 0.3) is 0 Å². The fraction of sp³-hybridized carbons (Fsp3) is 0.0833. The van der Waals surface area contributed by atoms with E-state index in [1.165, 1.54) is 16.3 Å². The quantitative estimate of drug-likeness (QED) is 0.493. The van der Waals surface area contributed by atoms with Crippen molar-refractivity contribution in [3.8, 4) is 0 Å². The molecule has 0 aliphatic rings. The van der Waals surface area contributed by atoms with E-state index in [1.54, 1.807) is 0 Å². The fourth-order valence-corrected chi connectivity index (χ4v) is 2.07. The minimum absolute atomic E-state index is 0.793. The molecular formula is C12H9BN2. The first-order chi connectivity index (χ1) is 7.27. The second-order valence-electron chi connectivity index (χ2n) is 3.73. The highest BCUT2D eigenvalue weighted by molar-refractivity contribution is 6.33. The highest BCUT2D eigenvalue weighted by atomic mass is 14.9. The van der Waals surface area contributed by atoms with E-state index in [1.807, 2.05) is 37.6 Å². The Morgan fingerprint density at radius 3 is 2.87 bits per heavy atom. The van der Waals surface area contributed by atoms with Gasteiger partial charge < -0.3 is 4.57 Å². The van der Waals surface area contributed by atoms with Gasteiger partial charge in [-0.3, -0.25) is 4.98 Å². The second-order valence-corrected chi connectivity index (χ2v) is 3.73. The summed E-state index contributed by atoms with van der Waals surface area (Å²) in [7, 11) is 7.83. The van der Waals surface area contributed by atoms with Gasteiger partial charge in [-0.15, -0.1) is 0 Å². The third kappa shape index (κ3) is 1.09. The summed E-state index contributed by atoms with van der Waals surface area (Å²) >= 11 is 0. The fourth-order valence-electron chi connectivity index (χ4n) is 2.07. The maximum absolute atomic E-state index is 5.79. The molecule has 2 radical (unpaired) electrons. The number of fused-ring (bicyclic) bond motifs is 3. The molecular weight excluding hydrogens is 183 g/mol. The van der Waals surface area contributed by atoms with Crippen LogP contribution in [0.5, 0.6) is 0 Å². The molecule has 0 saturated carbocycles. The van der Waals surface area contributed by atoms with E-state index < -0.39 is 0 Å². The van der Waals surface area contributed by atoms with Crippen molar-refractivity contribution >= 4 is 35.1 Å². The van der Waals surface area contributed by atoms with Crippen LogP contribution in [0.2, 0.25) is 0 Å². The van der Waals surface area contributed by atoms with Crippen LogP contribution in [0.25, 0.3) is 21.8 Å². The first-order valence-electron chi connectivity index (χ1n) is 4.85. The molecule has 0 atom stereocenters. The molecule has 0 bridgehead atoms. The largest absolute Gasteiger partial charge is 0.344 e. The standard InChI is InChI=1S/C12H9BN2/c1-15-11-4-5-14-7-10(11)9-3-2-8(13)6-12(9)15/h2-7H,1H3. The van der Waals surface area contributed by atoms with Gasteiger partial charge in [-0.05, 0) is 12.1 Å². The molecule has 0 aliphatic heterocycles. The normalized spacial score (nSPS) is 11.3. The summed E-state index contributed by atoms with van der Waals surface area (Å²) < 4.78 is 2.14. The van der Waals surface area contributed by atoms with Crippen LogP contribution in [-0.2, 0) is 7.05 Å². The van der Waals surface area contributed by atoms with Gasteiger partial charge in [0, 0.05) is 35.7 Å². The van der Waals surface area contributed by atoms with Crippen molar-refractivity contribution in [3.63, 3.8) is 0 Å². The molecule has 2 nitrogen and oxygen atoms in total. The van der Waals surface area contributed by atoms with E-state index in [0.29, 0.717) is 0 Å². The molecule has 3 heteroatoms. The SMILES string of the molecule is [B]c1ccc2c3cnccc3n(C)c2c1. The molecule has 0 spiro atoms. The molecule has 2 heterocycles. The lowest BCUT2D eigenvalue weighted by Gasteiger charge is -1.98. The Morgan fingerprint density at radius 2 is 2.00 bits per heavy atom. The number of nitrogens with zero attached hydrogens (tertiary/aromatic N) is 2. The van der Waals surface area contributed by atoms with Crippen molar-refractivity contribution in [1.29, 1.82) is 0 Å². The summed E-state index contributed by atoms with van der Waals surface area (Å²) in [4.78, 5) is 4.15. The van der Waals surface area contributed by atoms with E-state index in [2.05, 4.69) is 15.6 Å². The highest BCUT2D eigenvalue weighted by Gasteiger charge is 2.06. The average molecular weight is 192 g/mol. The molecule has 3 aromatic rings. The molecule has 1 aromatic carbocycles. The summed E-state index contributed by atoms with van der Waals surface area (Å²) in [6, 6.07) is 7.99. The minimum atomic E-state index is 0.793. The van der Waals surface area contributed by atoms with Crippen LogP contribution < -0.4 is 5.46 Å². The van der Waals surface area contributed by atoms with Crippen LogP contribution in [0.15, 0.2) is 36.7 Å². The van der Waals surface area contributed by atoms with E-state index in [0.717, 1.165) is 11.0 Å². The average Bonchev–Trinajstić information content (AvgIpc) is 2.54. The van der Waals surface area contributed by atoms with Crippen molar-refractivity contribution < 1.29 is 0 Å². The minimum Gasteiger partial charge on any atom is -0.344 e. The van der Waals surface area contributed by atoms with Crippen LogP contribution >= 0.6 is 0 Å². The number of hydrogen-bond donors (Lipinski definition) is 0. The number of pyridine rings is 1. The highest BCUT2D eigenvalue weighted by Crippen LogP contribution is 2.25. The Kier molecular flexibility index (Phi) is 1.63. The predicted octanol–water partition coefficient (Wildman–Crippen LogP) is 1.52. The monoisotopic (exact) mass is 192 g/mol. The molecule has 0 aliphatic carbocycles. The van der Waals surface area contributed by atoms with Crippen molar-refractivity contribution in [2.75, 3.05) is 0 Å². The summed E-state index contributed by atoms with van der Waals surface area (Å²) in [5.74, 6) is 0. The van der Waals surface area contributed by atoms with Gasteiger partial charge in [0.2, 0.25) is 0 Å². The van der Waals surface area contributed by atoms with Crippen LogP contribution in [-0.4, -0.2) is 17.4 Å². The van der Waals surface area contributed by atoms with Crippen molar-refractivity contribution in [2.24, 2.45) is 7.05 Å². The van der Waals surface area contributed by atoms with Crippen LogP contribution in [0, 0.1) is 0 Å². The van der Waals surface area contributed by atoms with E-state index in [9.17, 15) is 0 Å². The second kappa shape index (κ2) is 2.86. The van der Waals surface area contributed by atoms with Crippen LogP contribution in [0.1, 0.15) is 0 Å². The Morgan fingerprint density at radius 1 is 1.13 bits per heavy atom. The summed E-state index contributed by atoms with van der Waals surface area (Å²) in [5, 5.41) is 2.38. The van der Waals surface area contributed by atoms with Gasteiger partial charge in [0.1, 0.15) is 7.85 Å². The zero-order valence-corrected chi connectivity index (χ0v) is 8.44. The van der Waals surface area contributed by atoms with Gasteiger partial charge in [0.05, 0.1) is 5.52 Å². The topological polar surface area (TPSA) is 17.8 Å². The maximum atomic E-state index is 5.79. The van der Waals surface area contributed by atoms with Crippen LogP contribution in [0.4, 0.5) is 0 Å². The van der Waals surface area contributed by atoms with E-state index >= 15 is 0 Å². The summed E-state index contributed by atoms with van der Waals surface area (Å²) in [6.45, 7) is 0. The van der Waals surface area contributed by atoms with E-state index in [4.69, 9.17) is 7.85 Å². The molecule has 0 unspecified atom stereocenters. The van der Waals surface area contributed by atoms with Crippen molar-refractivity contribution in [1.82, 2.24) is 9.55 Å². The lowest BCUT2D eigenvalue weighted by Crippen LogP contribution is -2.00. The van der Waals surface area contributed by atoms with Crippen LogP contribution in [0.3, 0.4) is 0 Å². The number of benzene rings is 1. The molecule has 0 saturated heterocycles. The third-order valence-corrected chi connectivity index (χ3v) is 2.83. The Labute approximate surface area is 89.0 Å². The lowest BCUT2D eigenvalue weighted by atomic mass is 9.95. The lowest BCUT2D eigenvalue weighted by molar-refractivity contribution is 1.01. The third-order valence-electron chi connectivity index (χ3n) is 2.83. The Balaban J connectivity index is 2.63. The molecule has 0 N–H and O–H groups in total. The number of hydrogen-bond acceptors (Lipinski definition) is 1. The molecule has 15 heavy (non-hydrogen) atoms. The van der Waals surface area contributed by atoms with Crippen molar-refractivity contribution in [3.05, 3.63) is 36.7 Å². The van der Waals surface area contributed by atoms with Gasteiger partial charge in [0.15, 0.2) is 0 Å². The van der Waals surface area contributed by atoms with Gasteiger partial charge in [-0.1, -0.05) is 17.6 Å². The zero-order chi connectivity index (χ0) is 10.4. The molecule has 3 rings (SSSR count). The van der Waals surface area contributed by atoms with Gasteiger partial charge in [-0.25, -0.2) is 0 Å². The molecule has 2 aromatic heterocycles. The van der Waals surface area contributed by atoms with Gasteiger partial charge in [-0.2, -0.15) is 0 Å². The Bertz CT molecular complexity index is 655. The number of rotatable bonds is 0.